The van der Waals surface area contributed by atoms with Crippen LogP contribution in [0.3, 0.4) is 0 Å². The normalized spacial score (nSPS) is 11.2. The van der Waals surface area contributed by atoms with E-state index in [9.17, 15) is 0 Å². The van der Waals surface area contributed by atoms with E-state index < -0.39 is 0 Å². The molecule has 2 rings (SSSR count). The number of hydrogen-bond acceptors (Lipinski definition) is 3. The maximum atomic E-state index is 5.65. The lowest BCUT2D eigenvalue weighted by molar-refractivity contribution is 0.318. The molecule has 2 aromatic rings. The number of benzene rings is 1. The third-order valence-electron chi connectivity index (χ3n) is 3.29. The van der Waals surface area contributed by atoms with Crippen LogP contribution in [0.2, 0.25) is 0 Å². The topological polar surface area (TPSA) is 47.1 Å². The van der Waals surface area contributed by atoms with Crippen LogP contribution < -0.4 is 5.73 Å². The Balaban J connectivity index is 2.00. The Morgan fingerprint density at radius 2 is 2.05 bits per heavy atom. The molecule has 0 fully saturated rings. The van der Waals surface area contributed by atoms with Crippen molar-refractivity contribution in [3.63, 3.8) is 0 Å². The molecular formula is C15H22N4. The van der Waals surface area contributed by atoms with Crippen LogP contribution in [0.25, 0.3) is 0 Å². The van der Waals surface area contributed by atoms with E-state index in [1.54, 1.807) is 0 Å². The Hall–Kier alpha value is -1.65. The number of nitrogens with two attached hydrogens (primary N) is 1. The highest BCUT2D eigenvalue weighted by atomic mass is 15.2. The van der Waals surface area contributed by atoms with Crippen LogP contribution in [-0.2, 0) is 26.7 Å². The van der Waals surface area contributed by atoms with Gasteiger partial charge in [-0.05, 0) is 30.7 Å². The molecular weight excluding hydrogens is 236 g/mol. The summed E-state index contributed by atoms with van der Waals surface area (Å²) >= 11 is 0. The number of aromatic nitrogens is 2. The molecule has 0 bridgehead atoms. The summed E-state index contributed by atoms with van der Waals surface area (Å²) in [5.41, 5.74) is 10.7. The van der Waals surface area contributed by atoms with Gasteiger partial charge < -0.3 is 5.73 Å². The molecule has 0 saturated heterocycles. The Labute approximate surface area is 114 Å². The zero-order chi connectivity index (χ0) is 13.8. The smallest absolute Gasteiger partial charge is 0.0534 e. The fraction of sp³-hybridized carbons (Fsp3) is 0.400. The van der Waals surface area contributed by atoms with Crippen LogP contribution in [0.5, 0.6) is 0 Å². The first-order valence-corrected chi connectivity index (χ1v) is 6.53. The molecule has 0 spiro atoms. The molecule has 0 aliphatic heterocycles. The molecule has 0 amide bonds. The van der Waals surface area contributed by atoms with E-state index >= 15 is 0 Å². The maximum Gasteiger partial charge on any atom is 0.0534 e. The maximum absolute atomic E-state index is 5.65. The molecule has 1 aromatic heterocycles. The highest BCUT2D eigenvalue weighted by molar-refractivity contribution is 5.31. The number of hydrogen-bond donors (Lipinski definition) is 1. The SMILES string of the molecule is Cc1cc(CN)ccc1CN(C)Cc1cnn(C)c1. The van der Waals surface area contributed by atoms with Gasteiger partial charge in [-0.3, -0.25) is 9.58 Å². The van der Waals surface area contributed by atoms with Crippen LogP contribution in [0.15, 0.2) is 30.6 Å². The fourth-order valence-corrected chi connectivity index (χ4v) is 2.27. The first-order chi connectivity index (χ1) is 9.08. The molecule has 0 radical (unpaired) electrons. The predicted molar refractivity (Wildman–Crippen MR) is 77.4 cm³/mol. The van der Waals surface area contributed by atoms with Gasteiger partial charge in [0.05, 0.1) is 6.20 Å². The molecule has 1 heterocycles. The minimum Gasteiger partial charge on any atom is -0.326 e. The molecule has 0 atom stereocenters. The zero-order valence-corrected chi connectivity index (χ0v) is 11.9. The average molecular weight is 258 g/mol. The van der Waals surface area contributed by atoms with Crippen LogP contribution in [0.4, 0.5) is 0 Å². The predicted octanol–water partition coefficient (Wildman–Crippen LogP) is 1.82. The van der Waals surface area contributed by atoms with Crippen molar-refractivity contribution in [2.24, 2.45) is 12.8 Å². The monoisotopic (exact) mass is 258 g/mol. The zero-order valence-electron chi connectivity index (χ0n) is 11.9. The molecule has 4 nitrogen and oxygen atoms in total. The van der Waals surface area contributed by atoms with E-state index in [1.165, 1.54) is 22.3 Å². The van der Waals surface area contributed by atoms with Crippen LogP contribution in [-0.4, -0.2) is 21.7 Å². The van der Waals surface area contributed by atoms with Crippen LogP contribution in [0.1, 0.15) is 22.3 Å². The number of rotatable bonds is 5. The first kappa shape index (κ1) is 13.8. The molecule has 0 saturated carbocycles. The Morgan fingerprint density at radius 3 is 2.63 bits per heavy atom. The number of aryl methyl sites for hydroxylation is 2. The van der Waals surface area contributed by atoms with Gasteiger partial charge in [-0.1, -0.05) is 18.2 Å². The minimum absolute atomic E-state index is 0.604. The first-order valence-electron chi connectivity index (χ1n) is 6.53. The Morgan fingerprint density at radius 1 is 1.26 bits per heavy atom. The second-order valence-corrected chi connectivity index (χ2v) is 5.16. The van der Waals surface area contributed by atoms with Crippen LogP contribution in [0, 0.1) is 6.92 Å². The van der Waals surface area contributed by atoms with Gasteiger partial charge in [0.2, 0.25) is 0 Å². The summed E-state index contributed by atoms with van der Waals surface area (Å²) in [7, 11) is 4.07. The lowest BCUT2D eigenvalue weighted by Gasteiger charge is -2.17. The highest BCUT2D eigenvalue weighted by Gasteiger charge is 2.06. The molecule has 1 aromatic carbocycles. The summed E-state index contributed by atoms with van der Waals surface area (Å²) < 4.78 is 1.84. The van der Waals surface area contributed by atoms with E-state index in [0.717, 1.165) is 13.1 Å². The van der Waals surface area contributed by atoms with E-state index in [0.29, 0.717) is 6.54 Å². The van der Waals surface area contributed by atoms with Crippen molar-refractivity contribution in [2.45, 2.75) is 26.6 Å². The minimum atomic E-state index is 0.604. The second-order valence-electron chi connectivity index (χ2n) is 5.16. The molecule has 0 aliphatic rings. The van der Waals surface area contributed by atoms with Crippen molar-refractivity contribution < 1.29 is 0 Å². The summed E-state index contributed by atoms with van der Waals surface area (Å²) in [6.45, 7) is 4.59. The highest BCUT2D eigenvalue weighted by Crippen LogP contribution is 2.14. The van der Waals surface area contributed by atoms with Crippen molar-refractivity contribution >= 4 is 0 Å². The van der Waals surface area contributed by atoms with Gasteiger partial charge >= 0.3 is 0 Å². The van der Waals surface area contributed by atoms with E-state index in [1.807, 2.05) is 17.9 Å². The van der Waals surface area contributed by atoms with Crippen molar-refractivity contribution in [3.8, 4) is 0 Å². The fourth-order valence-electron chi connectivity index (χ4n) is 2.27. The molecule has 102 valence electrons. The van der Waals surface area contributed by atoms with E-state index in [2.05, 4.69) is 48.4 Å². The third-order valence-corrected chi connectivity index (χ3v) is 3.29. The summed E-state index contributed by atoms with van der Waals surface area (Å²) in [6, 6.07) is 6.46. The summed E-state index contributed by atoms with van der Waals surface area (Å²) in [5, 5.41) is 4.19. The van der Waals surface area contributed by atoms with Crippen LogP contribution >= 0.6 is 0 Å². The summed E-state index contributed by atoms with van der Waals surface area (Å²) in [5.74, 6) is 0. The van der Waals surface area contributed by atoms with Crippen molar-refractivity contribution in [1.29, 1.82) is 0 Å². The second kappa shape index (κ2) is 5.99. The lowest BCUT2D eigenvalue weighted by atomic mass is 10.0. The molecule has 2 N–H and O–H groups in total. The standard InChI is InChI=1S/C15H22N4/c1-12-6-13(7-16)4-5-15(12)11-18(2)9-14-8-17-19(3)10-14/h4-6,8,10H,7,9,11,16H2,1-3H3. The van der Waals surface area contributed by atoms with Crippen molar-refractivity contribution in [3.05, 3.63) is 52.8 Å². The Bertz CT molecular complexity index is 545. The Kier molecular flexibility index (Phi) is 4.35. The molecule has 4 heteroatoms. The van der Waals surface area contributed by atoms with Gasteiger partial charge in [0.15, 0.2) is 0 Å². The number of nitrogens with zero attached hydrogens (tertiary/aromatic N) is 3. The summed E-state index contributed by atoms with van der Waals surface area (Å²) in [6.07, 6.45) is 3.97. The van der Waals surface area contributed by atoms with Crippen molar-refractivity contribution in [2.75, 3.05) is 7.05 Å². The molecule has 0 unspecified atom stereocenters. The quantitative estimate of drug-likeness (QED) is 0.890. The molecule has 19 heavy (non-hydrogen) atoms. The third kappa shape index (κ3) is 3.66. The summed E-state index contributed by atoms with van der Waals surface area (Å²) in [4.78, 5) is 2.29. The van der Waals surface area contributed by atoms with Gasteiger partial charge in [-0.15, -0.1) is 0 Å². The van der Waals surface area contributed by atoms with E-state index in [4.69, 9.17) is 5.73 Å². The van der Waals surface area contributed by atoms with Gasteiger partial charge in [-0.2, -0.15) is 5.10 Å². The van der Waals surface area contributed by atoms with Gasteiger partial charge in [0.25, 0.3) is 0 Å². The lowest BCUT2D eigenvalue weighted by Crippen LogP contribution is -2.17. The largest absolute Gasteiger partial charge is 0.326 e. The average Bonchev–Trinajstić information content (AvgIpc) is 2.77. The van der Waals surface area contributed by atoms with Crippen molar-refractivity contribution in [1.82, 2.24) is 14.7 Å². The van der Waals surface area contributed by atoms with Gasteiger partial charge in [0, 0.05) is 38.4 Å². The van der Waals surface area contributed by atoms with E-state index in [-0.39, 0.29) is 0 Å². The molecule has 0 aliphatic carbocycles. The van der Waals surface area contributed by atoms with Gasteiger partial charge in [-0.25, -0.2) is 0 Å². The van der Waals surface area contributed by atoms with Gasteiger partial charge in [0.1, 0.15) is 0 Å².